The van der Waals surface area contributed by atoms with E-state index in [0.717, 1.165) is 5.01 Å². The number of ketones is 1. The second-order valence-electron chi connectivity index (χ2n) is 3.46. The smallest absolute Gasteiger partial charge is 0.215 e. The standard InChI is InChI=1S/C11H12N4OS/c12-3-1-10-15-9(6-17-10)11(16)7-5-14-4-2-8(7)13/h2,4-6H,1,3,12H2,(H2,13,14). The Kier molecular flexibility index (Phi) is 3.46. The molecule has 2 rings (SSSR count). The minimum Gasteiger partial charge on any atom is -0.398 e. The van der Waals surface area contributed by atoms with E-state index < -0.39 is 0 Å². The lowest BCUT2D eigenvalue weighted by atomic mass is 10.1. The molecule has 0 saturated heterocycles. The van der Waals surface area contributed by atoms with Gasteiger partial charge in [-0.3, -0.25) is 9.78 Å². The van der Waals surface area contributed by atoms with Crippen molar-refractivity contribution in [1.29, 1.82) is 0 Å². The molecule has 0 fully saturated rings. The van der Waals surface area contributed by atoms with Crippen LogP contribution in [-0.2, 0) is 6.42 Å². The average Bonchev–Trinajstić information content (AvgIpc) is 2.78. The first-order valence-electron chi connectivity index (χ1n) is 5.11. The molecule has 0 aliphatic carbocycles. The van der Waals surface area contributed by atoms with E-state index >= 15 is 0 Å². The molecule has 0 aliphatic rings. The zero-order chi connectivity index (χ0) is 12.3. The minimum absolute atomic E-state index is 0.199. The molecule has 0 unspecified atom stereocenters. The van der Waals surface area contributed by atoms with Gasteiger partial charge in [-0.2, -0.15) is 0 Å². The van der Waals surface area contributed by atoms with E-state index in [-0.39, 0.29) is 5.78 Å². The van der Waals surface area contributed by atoms with Crippen LogP contribution in [0.2, 0.25) is 0 Å². The van der Waals surface area contributed by atoms with Crippen molar-refractivity contribution in [2.24, 2.45) is 5.73 Å². The summed E-state index contributed by atoms with van der Waals surface area (Å²) in [6.07, 6.45) is 3.69. The maximum atomic E-state index is 12.1. The number of hydrogen-bond acceptors (Lipinski definition) is 6. The van der Waals surface area contributed by atoms with Gasteiger partial charge in [-0.1, -0.05) is 0 Å². The van der Waals surface area contributed by atoms with E-state index in [0.29, 0.717) is 29.9 Å². The van der Waals surface area contributed by atoms with Crippen molar-refractivity contribution >= 4 is 22.8 Å². The van der Waals surface area contributed by atoms with Crippen molar-refractivity contribution < 1.29 is 4.79 Å². The molecule has 0 radical (unpaired) electrons. The minimum atomic E-state index is -0.199. The molecule has 0 aromatic carbocycles. The van der Waals surface area contributed by atoms with Gasteiger partial charge in [-0.15, -0.1) is 11.3 Å². The van der Waals surface area contributed by atoms with Crippen molar-refractivity contribution in [3.05, 3.63) is 40.1 Å². The lowest BCUT2D eigenvalue weighted by molar-refractivity contribution is 0.103. The molecule has 0 spiro atoms. The van der Waals surface area contributed by atoms with Gasteiger partial charge in [0.05, 0.1) is 10.6 Å². The second kappa shape index (κ2) is 5.03. The zero-order valence-electron chi connectivity index (χ0n) is 9.09. The third-order valence-electron chi connectivity index (χ3n) is 2.24. The van der Waals surface area contributed by atoms with Crippen LogP contribution in [0.15, 0.2) is 23.8 Å². The number of nitrogen functional groups attached to an aromatic ring is 1. The van der Waals surface area contributed by atoms with Gasteiger partial charge in [-0.25, -0.2) is 4.98 Å². The molecule has 4 N–H and O–H groups in total. The fourth-order valence-electron chi connectivity index (χ4n) is 1.39. The molecule has 17 heavy (non-hydrogen) atoms. The lowest BCUT2D eigenvalue weighted by Gasteiger charge is -2.00. The van der Waals surface area contributed by atoms with Crippen LogP contribution < -0.4 is 11.5 Å². The largest absolute Gasteiger partial charge is 0.398 e. The van der Waals surface area contributed by atoms with Gasteiger partial charge < -0.3 is 11.5 Å². The Balaban J connectivity index is 2.28. The molecule has 0 aliphatic heterocycles. The van der Waals surface area contributed by atoms with E-state index in [1.165, 1.54) is 17.5 Å². The third-order valence-corrected chi connectivity index (χ3v) is 3.15. The van der Waals surface area contributed by atoms with Crippen LogP contribution in [0.3, 0.4) is 0 Å². The number of pyridine rings is 1. The molecule has 5 nitrogen and oxygen atoms in total. The van der Waals surface area contributed by atoms with Crippen molar-refractivity contribution in [2.75, 3.05) is 12.3 Å². The summed E-state index contributed by atoms with van der Waals surface area (Å²) in [5, 5.41) is 2.58. The highest BCUT2D eigenvalue weighted by Crippen LogP contribution is 2.17. The van der Waals surface area contributed by atoms with Crippen LogP contribution in [0.1, 0.15) is 21.1 Å². The quantitative estimate of drug-likeness (QED) is 0.782. The van der Waals surface area contributed by atoms with E-state index in [2.05, 4.69) is 9.97 Å². The molecular formula is C11H12N4OS. The maximum absolute atomic E-state index is 12.1. The number of hydrogen-bond donors (Lipinski definition) is 2. The summed E-state index contributed by atoms with van der Waals surface area (Å²) in [6, 6.07) is 1.60. The molecule has 88 valence electrons. The Bertz CT molecular complexity index is 538. The summed E-state index contributed by atoms with van der Waals surface area (Å²) in [6.45, 7) is 0.524. The SMILES string of the molecule is NCCc1nc(C(=O)c2cnccc2N)cs1. The van der Waals surface area contributed by atoms with E-state index in [1.807, 2.05) is 0 Å². The number of thiazole rings is 1. The van der Waals surface area contributed by atoms with Gasteiger partial charge in [0.2, 0.25) is 5.78 Å². The van der Waals surface area contributed by atoms with Crippen LogP contribution in [0.25, 0.3) is 0 Å². The maximum Gasteiger partial charge on any atom is 0.215 e. The van der Waals surface area contributed by atoms with Crippen molar-refractivity contribution in [2.45, 2.75) is 6.42 Å². The Labute approximate surface area is 103 Å². The monoisotopic (exact) mass is 248 g/mol. The van der Waals surface area contributed by atoms with Crippen LogP contribution in [0, 0.1) is 0 Å². The summed E-state index contributed by atoms with van der Waals surface area (Å²) in [5.41, 5.74) is 12.4. The van der Waals surface area contributed by atoms with Gasteiger partial charge >= 0.3 is 0 Å². The molecule has 0 amide bonds. The molecule has 2 aromatic rings. The van der Waals surface area contributed by atoms with Gasteiger partial charge in [-0.05, 0) is 12.6 Å². The van der Waals surface area contributed by atoms with Gasteiger partial charge in [0, 0.05) is 29.9 Å². The molecule has 6 heteroatoms. The predicted octanol–water partition coefficient (Wildman–Crippen LogP) is 0.852. The fraction of sp³-hybridized carbons (Fsp3) is 0.182. The average molecular weight is 248 g/mol. The number of aromatic nitrogens is 2. The van der Waals surface area contributed by atoms with Gasteiger partial charge in [0.25, 0.3) is 0 Å². The predicted molar refractivity (Wildman–Crippen MR) is 67.0 cm³/mol. The normalized spacial score (nSPS) is 10.4. The number of nitrogens with two attached hydrogens (primary N) is 2. The Morgan fingerprint density at radius 3 is 3.00 bits per heavy atom. The van der Waals surface area contributed by atoms with Gasteiger partial charge in [0.1, 0.15) is 5.69 Å². The van der Waals surface area contributed by atoms with Crippen molar-refractivity contribution in [3.63, 3.8) is 0 Å². The molecule has 2 heterocycles. The molecule has 0 bridgehead atoms. The Morgan fingerprint density at radius 2 is 2.29 bits per heavy atom. The number of carbonyl (C=O) groups is 1. The van der Waals surface area contributed by atoms with Crippen LogP contribution in [0.5, 0.6) is 0 Å². The number of anilines is 1. The Hall–Kier alpha value is -1.79. The number of nitrogens with zero attached hydrogens (tertiary/aromatic N) is 2. The molecule has 0 saturated carbocycles. The summed E-state index contributed by atoms with van der Waals surface area (Å²) < 4.78 is 0. The van der Waals surface area contributed by atoms with E-state index in [1.54, 1.807) is 17.6 Å². The number of rotatable bonds is 4. The highest BCUT2D eigenvalue weighted by atomic mass is 32.1. The van der Waals surface area contributed by atoms with Gasteiger partial charge in [0.15, 0.2) is 0 Å². The molecular weight excluding hydrogens is 236 g/mol. The first kappa shape index (κ1) is 11.7. The van der Waals surface area contributed by atoms with E-state index in [9.17, 15) is 4.79 Å². The highest BCUT2D eigenvalue weighted by molar-refractivity contribution is 7.09. The van der Waals surface area contributed by atoms with Crippen LogP contribution in [0.4, 0.5) is 5.69 Å². The van der Waals surface area contributed by atoms with Crippen molar-refractivity contribution in [1.82, 2.24) is 9.97 Å². The van der Waals surface area contributed by atoms with Crippen LogP contribution in [-0.4, -0.2) is 22.3 Å². The summed E-state index contributed by atoms with van der Waals surface area (Å²) >= 11 is 1.43. The zero-order valence-corrected chi connectivity index (χ0v) is 9.91. The molecule has 2 aromatic heterocycles. The first-order chi connectivity index (χ1) is 8.22. The number of carbonyl (C=O) groups excluding carboxylic acids is 1. The third kappa shape index (κ3) is 2.48. The highest BCUT2D eigenvalue weighted by Gasteiger charge is 2.15. The fourth-order valence-corrected chi connectivity index (χ4v) is 2.18. The first-order valence-corrected chi connectivity index (χ1v) is 5.99. The topological polar surface area (TPSA) is 94.9 Å². The van der Waals surface area contributed by atoms with E-state index in [4.69, 9.17) is 11.5 Å². The molecule has 0 atom stereocenters. The summed E-state index contributed by atoms with van der Waals surface area (Å²) in [7, 11) is 0. The van der Waals surface area contributed by atoms with Crippen molar-refractivity contribution in [3.8, 4) is 0 Å². The van der Waals surface area contributed by atoms with Crippen LogP contribution >= 0.6 is 11.3 Å². The summed E-state index contributed by atoms with van der Waals surface area (Å²) in [5.74, 6) is -0.199. The lowest BCUT2D eigenvalue weighted by Crippen LogP contribution is -2.07. The second-order valence-corrected chi connectivity index (χ2v) is 4.40. The summed E-state index contributed by atoms with van der Waals surface area (Å²) in [4.78, 5) is 20.2. The Morgan fingerprint density at radius 1 is 1.47 bits per heavy atom.